The molecule has 2 aromatic rings. The molecule has 0 spiro atoms. The lowest BCUT2D eigenvalue weighted by molar-refractivity contribution is 0.258. The third-order valence-corrected chi connectivity index (χ3v) is 3.45. The van der Waals surface area contributed by atoms with Crippen LogP contribution >= 0.6 is 23.2 Å². The lowest BCUT2D eigenvalue weighted by Gasteiger charge is -2.13. The monoisotopic (exact) mass is 296 g/mol. The van der Waals surface area contributed by atoms with Gasteiger partial charge in [0.1, 0.15) is 12.4 Å². The predicted octanol–water partition coefficient (Wildman–Crippen LogP) is 4.37. The third kappa shape index (κ3) is 3.41. The minimum absolute atomic E-state index is 0.0553. The number of halogens is 2. The summed E-state index contributed by atoms with van der Waals surface area (Å²) in [6.07, 6.45) is 0. The van der Waals surface area contributed by atoms with Gasteiger partial charge in [-0.3, -0.25) is 0 Å². The van der Waals surface area contributed by atoms with Crippen LogP contribution in [-0.4, -0.2) is 5.11 Å². The summed E-state index contributed by atoms with van der Waals surface area (Å²) in [4.78, 5) is 0. The third-order valence-electron chi connectivity index (χ3n) is 2.84. The summed E-state index contributed by atoms with van der Waals surface area (Å²) in [6, 6.07) is 10.9. The van der Waals surface area contributed by atoms with Crippen LogP contribution in [0.4, 0.5) is 0 Å². The molecule has 100 valence electrons. The number of hydrogen-bond donors (Lipinski definition) is 1. The van der Waals surface area contributed by atoms with Gasteiger partial charge in [0, 0.05) is 21.2 Å². The Labute approximate surface area is 122 Å². The predicted molar refractivity (Wildman–Crippen MR) is 77.9 cm³/mol. The van der Waals surface area contributed by atoms with Crippen LogP contribution in [0.3, 0.4) is 0 Å². The van der Waals surface area contributed by atoms with Crippen molar-refractivity contribution in [3.8, 4) is 5.75 Å². The smallest absolute Gasteiger partial charge is 0.128 e. The highest BCUT2D eigenvalue weighted by molar-refractivity contribution is 6.33. The number of ether oxygens (including phenoxy) is 1. The molecule has 0 fully saturated rings. The van der Waals surface area contributed by atoms with Gasteiger partial charge in [-0.1, -0.05) is 41.4 Å². The van der Waals surface area contributed by atoms with Crippen molar-refractivity contribution in [2.75, 3.05) is 0 Å². The van der Waals surface area contributed by atoms with Crippen LogP contribution < -0.4 is 4.74 Å². The van der Waals surface area contributed by atoms with Gasteiger partial charge in [0.2, 0.25) is 0 Å². The highest BCUT2D eigenvalue weighted by Gasteiger charge is 2.08. The van der Waals surface area contributed by atoms with Crippen LogP contribution in [0, 0.1) is 6.92 Å². The van der Waals surface area contributed by atoms with E-state index in [1.807, 2.05) is 25.1 Å². The van der Waals surface area contributed by atoms with E-state index < -0.39 is 0 Å². The zero-order valence-electron chi connectivity index (χ0n) is 10.5. The van der Waals surface area contributed by atoms with E-state index in [0.717, 1.165) is 16.7 Å². The second-order valence-corrected chi connectivity index (χ2v) is 5.09. The van der Waals surface area contributed by atoms with Crippen molar-refractivity contribution in [2.45, 2.75) is 20.1 Å². The van der Waals surface area contributed by atoms with E-state index in [2.05, 4.69) is 0 Å². The van der Waals surface area contributed by atoms with Gasteiger partial charge in [-0.2, -0.15) is 0 Å². The Morgan fingerprint density at radius 3 is 2.63 bits per heavy atom. The van der Waals surface area contributed by atoms with Gasteiger partial charge in [0.05, 0.1) is 6.61 Å². The fraction of sp³-hybridized carbons (Fsp3) is 0.200. The van der Waals surface area contributed by atoms with Gasteiger partial charge in [0.15, 0.2) is 0 Å². The van der Waals surface area contributed by atoms with Gasteiger partial charge >= 0.3 is 0 Å². The van der Waals surface area contributed by atoms with Crippen molar-refractivity contribution in [3.05, 3.63) is 63.1 Å². The minimum atomic E-state index is -0.0553. The number of hydrogen-bond acceptors (Lipinski definition) is 2. The first-order chi connectivity index (χ1) is 9.11. The maximum absolute atomic E-state index is 9.31. The molecule has 2 rings (SSSR count). The molecule has 0 atom stereocenters. The van der Waals surface area contributed by atoms with E-state index >= 15 is 0 Å². The average Bonchev–Trinajstić information content (AvgIpc) is 2.40. The molecule has 0 aliphatic heterocycles. The number of aliphatic hydroxyl groups is 1. The quantitative estimate of drug-likeness (QED) is 0.908. The highest BCUT2D eigenvalue weighted by atomic mass is 35.5. The Balaban J connectivity index is 2.21. The average molecular weight is 297 g/mol. The van der Waals surface area contributed by atoms with E-state index in [1.165, 1.54) is 0 Å². The molecule has 0 heterocycles. The van der Waals surface area contributed by atoms with Crippen molar-refractivity contribution in [1.82, 2.24) is 0 Å². The number of aryl methyl sites for hydroxylation is 1. The van der Waals surface area contributed by atoms with E-state index in [9.17, 15) is 5.11 Å². The molecule has 0 saturated carbocycles. The molecule has 0 aliphatic carbocycles. The van der Waals surface area contributed by atoms with Gasteiger partial charge in [-0.05, 0) is 30.7 Å². The summed E-state index contributed by atoms with van der Waals surface area (Å²) in [5.41, 5.74) is 2.56. The number of para-hydroxylation sites is 1. The molecular formula is C15H14Cl2O2. The van der Waals surface area contributed by atoms with E-state index in [-0.39, 0.29) is 6.61 Å². The molecule has 0 saturated heterocycles. The molecule has 0 aliphatic rings. The SMILES string of the molecule is Cc1cccc(CO)c1OCc1cc(Cl)ccc1Cl. The molecule has 0 unspecified atom stereocenters. The number of rotatable bonds is 4. The summed E-state index contributed by atoms with van der Waals surface area (Å²) in [7, 11) is 0. The Bertz CT molecular complexity index is 582. The topological polar surface area (TPSA) is 29.5 Å². The number of benzene rings is 2. The van der Waals surface area contributed by atoms with Gasteiger partial charge < -0.3 is 9.84 Å². The fourth-order valence-corrected chi connectivity index (χ4v) is 2.21. The van der Waals surface area contributed by atoms with Crippen molar-refractivity contribution in [1.29, 1.82) is 0 Å². The Hall–Kier alpha value is -1.22. The van der Waals surface area contributed by atoms with Gasteiger partial charge in [0.25, 0.3) is 0 Å². The summed E-state index contributed by atoms with van der Waals surface area (Å²) < 4.78 is 5.78. The standard InChI is InChI=1S/C15H14Cl2O2/c1-10-3-2-4-11(8-18)15(10)19-9-12-7-13(16)5-6-14(12)17/h2-7,18H,8-9H2,1H3. The minimum Gasteiger partial charge on any atom is -0.488 e. The first-order valence-corrected chi connectivity index (χ1v) is 6.63. The fourth-order valence-electron chi connectivity index (χ4n) is 1.85. The molecule has 19 heavy (non-hydrogen) atoms. The molecule has 0 amide bonds. The second kappa shape index (κ2) is 6.29. The Morgan fingerprint density at radius 1 is 1.11 bits per heavy atom. The summed E-state index contributed by atoms with van der Waals surface area (Å²) in [5, 5.41) is 10.5. The van der Waals surface area contributed by atoms with Crippen LogP contribution in [0.1, 0.15) is 16.7 Å². The van der Waals surface area contributed by atoms with Gasteiger partial charge in [-0.25, -0.2) is 0 Å². The zero-order chi connectivity index (χ0) is 13.8. The van der Waals surface area contributed by atoms with E-state index in [4.69, 9.17) is 27.9 Å². The molecule has 0 radical (unpaired) electrons. The van der Waals surface area contributed by atoms with Crippen LogP contribution in [0.2, 0.25) is 10.0 Å². The molecule has 0 aromatic heterocycles. The number of aliphatic hydroxyl groups excluding tert-OH is 1. The van der Waals surface area contributed by atoms with E-state index in [0.29, 0.717) is 22.4 Å². The maximum atomic E-state index is 9.31. The molecule has 2 nitrogen and oxygen atoms in total. The zero-order valence-corrected chi connectivity index (χ0v) is 12.0. The molecular weight excluding hydrogens is 283 g/mol. The summed E-state index contributed by atoms with van der Waals surface area (Å²) in [5.74, 6) is 0.695. The largest absolute Gasteiger partial charge is 0.488 e. The molecule has 4 heteroatoms. The van der Waals surface area contributed by atoms with Crippen molar-refractivity contribution in [2.24, 2.45) is 0 Å². The Kier molecular flexibility index (Phi) is 4.70. The molecule has 1 N–H and O–H groups in total. The van der Waals surface area contributed by atoms with Crippen LogP contribution in [0.25, 0.3) is 0 Å². The lowest BCUT2D eigenvalue weighted by Crippen LogP contribution is -2.01. The first kappa shape index (κ1) is 14.2. The van der Waals surface area contributed by atoms with Crippen LogP contribution in [0.15, 0.2) is 36.4 Å². The summed E-state index contributed by atoms with van der Waals surface area (Å²) in [6.45, 7) is 2.20. The van der Waals surface area contributed by atoms with Crippen molar-refractivity contribution >= 4 is 23.2 Å². The molecule has 0 bridgehead atoms. The lowest BCUT2D eigenvalue weighted by atomic mass is 10.1. The van der Waals surface area contributed by atoms with Crippen molar-refractivity contribution < 1.29 is 9.84 Å². The highest BCUT2D eigenvalue weighted by Crippen LogP contribution is 2.27. The first-order valence-electron chi connectivity index (χ1n) is 5.88. The summed E-state index contributed by atoms with van der Waals surface area (Å²) >= 11 is 12.0. The molecule has 2 aromatic carbocycles. The van der Waals surface area contributed by atoms with Crippen molar-refractivity contribution in [3.63, 3.8) is 0 Å². The van der Waals surface area contributed by atoms with Gasteiger partial charge in [-0.15, -0.1) is 0 Å². The Morgan fingerprint density at radius 2 is 1.89 bits per heavy atom. The maximum Gasteiger partial charge on any atom is 0.128 e. The van der Waals surface area contributed by atoms with Crippen LogP contribution in [-0.2, 0) is 13.2 Å². The van der Waals surface area contributed by atoms with E-state index in [1.54, 1.807) is 18.2 Å². The normalized spacial score (nSPS) is 10.5. The van der Waals surface area contributed by atoms with Crippen LogP contribution in [0.5, 0.6) is 5.75 Å². The second-order valence-electron chi connectivity index (χ2n) is 4.25.